The van der Waals surface area contributed by atoms with Crippen LogP contribution in [0.4, 0.5) is 0 Å². The van der Waals surface area contributed by atoms with Gasteiger partial charge < -0.3 is 34.6 Å². The number of amides is 1. The van der Waals surface area contributed by atoms with E-state index in [2.05, 4.69) is 15.3 Å². The van der Waals surface area contributed by atoms with Crippen molar-refractivity contribution in [3.8, 4) is 5.75 Å². The normalized spacial score (nSPS) is 23.6. The molecule has 1 aromatic carbocycles. The molecule has 0 spiro atoms. The lowest BCUT2D eigenvalue weighted by molar-refractivity contribution is -0.167. The van der Waals surface area contributed by atoms with Crippen LogP contribution >= 0.6 is 0 Å². The van der Waals surface area contributed by atoms with Crippen LogP contribution in [0.5, 0.6) is 5.75 Å². The summed E-state index contributed by atoms with van der Waals surface area (Å²) in [5, 5.41) is 26.8. The summed E-state index contributed by atoms with van der Waals surface area (Å²) < 4.78 is 16.0. The Morgan fingerprint density at radius 2 is 2.03 bits per heavy atom. The fourth-order valence-electron chi connectivity index (χ4n) is 3.28. The smallest absolute Gasteiger partial charge is 0.342 e. The Hall–Kier alpha value is -4.22. The number of rotatable bonds is 7. The first-order chi connectivity index (χ1) is 18.2. The van der Waals surface area contributed by atoms with Crippen LogP contribution in [0.2, 0.25) is 0 Å². The summed E-state index contributed by atoms with van der Waals surface area (Å²) in [6.07, 6.45) is 8.18. The summed E-state index contributed by atoms with van der Waals surface area (Å²) in [5.41, 5.74) is 0.999. The third-order valence-electron chi connectivity index (χ3n) is 5.28. The number of oxime groups is 1. The lowest BCUT2D eigenvalue weighted by atomic mass is 10.0. The number of hydrogen-bond acceptors (Lipinski definition) is 10. The van der Waals surface area contributed by atoms with Gasteiger partial charge in [0.2, 0.25) is 12.2 Å². The van der Waals surface area contributed by atoms with Gasteiger partial charge in [-0.25, -0.2) is 4.79 Å². The number of nitrogens with one attached hydrogen (secondary N) is 1. The minimum Gasteiger partial charge on any atom is -0.507 e. The number of phenolic OH excluding ortho intramolecular Hbond substituents is 1. The highest BCUT2D eigenvalue weighted by Gasteiger charge is 2.25. The number of hydrogen-bond donors (Lipinski definition) is 3. The van der Waals surface area contributed by atoms with Gasteiger partial charge in [-0.1, -0.05) is 29.4 Å². The van der Waals surface area contributed by atoms with Gasteiger partial charge >= 0.3 is 11.9 Å². The molecule has 204 valence electrons. The van der Waals surface area contributed by atoms with E-state index in [0.717, 1.165) is 0 Å². The number of ether oxygens (including phenoxy) is 3. The molecule has 0 fully saturated rings. The highest BCUT2D eigenvalue weighted by atomic mass is 16.7. The van der Waals surface area contributed by atoms with Crippen molar-refractivity contribution < 1.29 is 43.6 Å². The van der Waals surface area contributed by atoms with E-state index in [1.165, 1.54) is 63.1 Å². The van der Waals surface area contributed by atoms with E-state index < -0.39 is 36.3 Å². The second-order valence-corrected chi connectivity index (χ2v) is 8.06. The maximum Gasteiger partial charge on any atom is 0.342 e. The van der Waals surface area contributed by atoms with Gasteiger partial charge in [0.05, 0.1) is 18.7 Å². The number of carbonyl (C=O) groups excluding carboxylic acids is 3. The number of aliphatic hydroxyl groups excluding tert-OH is 1. The molecule has 11 nitrogen and oxygen atoms in total. The second-order valence-electron chi connectivity index (χ2n) is 8.06. The van der Waals surface area contributed by atoms with Crippen LogP contribution in [-0.4, -0.2) is 67.0 Å². The summed E-state index contributed by atoms with van der Waals surface area (Å²) in [6, 6.07) is 4.61. The minimum atomic E-state index is -1.07. The molecule has 0 saturated heterocycles. The van der Waals surface area contributed by atoms with E-state index in [-0.39, 0.29) is 30.6 Å². The maximum absolute atomic E-state index is 13.1. The first-order valence-electron chi connectivity index (χ1n) is 11.7. The molecule has 11 heteroatoms. The zero-order valence-corrected chi connectivity index (χ0v) is 21.4. The molecule has 0 bridgehead atoms. The number of allylic oxidation sites excluding steroid dienone is 2. The molecule has 0 aromatic heterocycles. The van der Waals surface area contributed by atoms with Crippen molar-refractivity contribution in [3.05, 3.63) is 77.6 Å². The maximum atomic E-state index is 13.1. The first kappa shape index (κ1) is 30.0. The standard InChI is InChI=1S/C27H32N2O9/c1-18-11-12-19-7-4-9-22(31)26(19)27(34)37-20(8-5-15-28-23(32)10-6-16-29-36-3)17-24(33)38-25(35-2)14-13-21(18)30/h4-7,9-11,13-16,20-21,25,30-31H,8,12,17H2,1-3H3,(H,28,32)/b10-6-,14-13+,15-5+,18-11-,29-16-. The highest BCUT2D eigenvalue weighted by Crippen LogP contribution is 2.25. The third kappa shape index (κ3) is 10.0. The molecule has 1 aromatic rings. The van der Waals surface area contributed by atoms with Crippen molar-refractivity contribution in [2.75, 3.05) is 14.2 Å². The summed E-state index contributed by atoms with van der Waals surface area (Å²) in [7, 11) is 2.71. The molecule has 1 aliphatic rings. The van der Waals surface area contributed by atoms with E-state index in [9.17, 15) is 24.6 Å². The molecule has 3 atom stereocenters. The molecule has 0 saturated carbocycles. The summed E-state index contributed by atoms with van der Waals surface area (Å²) in [5.74, 6) is -2.29. The van der Waals surface area contributed by atoms with Crippen LogP contribution < -0.4 is 5.32 Å². The van der Waals surface area contributed by atoms with Crippen molar-refractivity contribution in [3.63, 3.8) is 0 Å². The molecule has 2 rings (SSSR count). The van der Waals surface area contributed by atoms with Crippen LogP contribution in [0.1, 0.15) is 35.7 Å². The first-order valence-corrected chi connectivity index (χ1v) is 11.7. The number of nitrogens with zero attached hydrogens (tertiary/aromatic N) is 1. The van der Waals surface area contributed by atoms with Crippen LogP contribution in [0, 0.1) is 0 Å². The van der Waals surface area contributed by atoms with Gasteiger partial charge in [0.25, 0.3) is 0 Å². The van der Waals surface area contributed by atoms with Gasteiger partial charge in [-0.05, 0) is 48.8 Å². The summed E-state index contributed by atoms with van der Waals surface area (Å²) in [4.78, 5) is 42.0. The van der Waals surface area contributed by atoms with Crippen molar-refractivity contribution in [1.29, 1.82) is 0 Å². The molecule has 38 heavy (non-hydrogen) atoms. The van der Waals surface area contributed by atoms with Crippen molar-refractivity contribution in [2.45, 2.75) is 44.7 Å². The van der Waals surface area contributed by atoms with Gasteiger partial charge in [-0.3, -0.25) is 9.59 Å². The van der Waals surface area contributed by atoms with Gasteiger partial charge in [0.1, 0.15) is 24.5 Å². The number of esters is 2. The molecule has 3 unspecified atom stereocenters. The highest BCUT2D eigenvalue weighted by molar-refractivity contribution is 5.94. The number of carbonyl (C=O) groups is 3. The number of aliphatic hydroxyl groups is 1. The average Bonchev–Trinajstić information content (AvgIpc) is 2.89. The SMILES string of the molecule is CO/N=C\C=C/C(=O)N/C=C/CC1CC(=O)OC(OC)/C=C/C(O)/C(C)=C\Cc2cccc(O)c2C(=O)O1. The molecule has 1 heterocycles. The Morgan fingerprint density at radius 3 is 2.76 bits per heavy atom. The predicted molar refractivity (Wildman–Crippen MR) is 138 cm³/mol. The topological polar surface area (TPSA) is 153 Å². The predicted octanol–water partition coefficient (Wildman–Crippen LogP) is 2.45. The fraction of sp³-hybridized carbons (Fsp3) is 0.333. The van der Waals surface area contributed by atoms with Gasteiger partial charge in [-0.15, -0.1) is 0 Å². The molecular weight excluding hydrogens is 496 g/mol. The average molecular weight is 529 g/mol. The monoisotopic (exact) mass is 528 g/mol. The van der Waals surface area contributed by atoms with Crippen LogP contribution in [-0.2, 0) is 35.1 Å². The van der Waals surface area contributed by atoms with Crippen LogP contribution in [0.25, 0.3) is 0 Å². The zero-order chi connectivity index (χ0) is 27.9. The number of aromatic hydroxyl groups is 1. The van der Waals surface area contributed by atoms with E-state index in [1.807, 2.05) is 0 Å². The molecule has 1 amide bonds. The van der Waals surface area contributed by atoms with E-state index >= 15 is 0 Å². The van der Waals surface area contributed by atoms with E-state index in [4.69, 9.17) is 14.2 Å². The lowest BCUT2D eigenvalue weighted by Crippen LogP contribution is -2.26. The number of cyclic esters (lactones) is 2. The molecule has 3 N–H and O–H groups in total. The van der Waals surface area contributed by atoms with Crippen LogP contribution in [0.3, 0.4) is 0 Å². The van der Waals surface area contributed by atoms with Gasteiger partial charge in [-0.2, -0.15) is 0 Å². The number of phenols is 1. The Morgan fingerprint density at radius 1 is 1.24 bits per heavy atom. The molecule has 1 aliphatic heterocycles. The number of fused-ring (bicyclic) bond motifs is 1. The minimum absolute atomic E-state index is 0.0457. The zero-order valence-electron chi connectivity index (χ0n) is 21.4. The van der Waals surface area contributed by atoms with E-state index in [0.29, 0.717) is 11.1 Å². The largest absolute Gasteiger partial charge is 0.507 e. The van der Waals surface area contributed by atoms with Crippen molar-refractivity contribution in [1.82, 2.24) is 5.32 Å². The third-order valence-corrected chi connectivity index (χ3v) is 5.28. The van der Waals surface area contributed by atoms with Gasteiger partial charge in [0, 0.05) is 25.8 Å². The second kappa shape index (κ2) is 15.8. The number of methoxy groups -OCH3 is 1. The number of benzene rings is 1. The Labute approximate surface area is 220 Å². The quantitative estimate of drug-likeness (QED) is 0.159. The lowest BCUT2D eigenvalue weighted by Gasteiger charge is -2.19. The Balaban J connectivity index is 2.28. The molecular formula is C27H32N2O9. The molecule has 0 aliphatic carbocycles. The van der Waals surface area contributed by atoms with Crippen molar-refractivity contribution >= 4 is 24.1 Å². The molecule has 0 radical (unpaired) electrons. The summed E-state index contributed by atoms with van der Waals surface area (Å²) >= 11 is 0. The fourth-order valence-corrected chi connectivity index (χ4v) is 3.28. The van der Waals surface area contributed by atoms with Crippen molar-refractivity contribution in [2.24, 2.45) is 5.16 Å². The van der Waals surface area contributed by atoms with Gasteiger partial charge in [0.15, 0.2) is 0 Å². The van der Waals surface area contributed by atoms with E-state index in [1.54, 1.807) is 25.1 Å². The summed E-state index contributed by atoms with van der Waals surface area (Å²) in [6.45, 7) is 1.70. The Bertz CT molecular complexity index is 1120. The van der Waals surface area contributed by atoms with Crippen LogP contribution in [0.15, 0.2) is 71.6 Å². The Kier molecular flexibility index (Phi) is 12.5.